The summed E-state index contributed by atoms with van der Waals surface area (Å²) in [4.78, 5) is 0. The summed E-state index contributed by atoms with van der Waals surface area (Å²) in [5.74, 6) is 0. The number of nitrogens with zero attached hydrogens (tertiary/aromatic N) is 3. The molecule has 0 amide bonds. The van der Waals surface area contributed by atoms with Crippen molar-refractivity contribution in [2.24, 2.45) is 0 Å². The van der Waals surface area contributed by atoms with E-state index in [-0.39, 0.29) is 16.2 Å². The van der Waals surface area contributed by atoms with Crippen molar-refractivity contribution in [2.75, 3.05) is 0 Å². The monoisotopic (exact) mass is 1300 g/mol. The lowest BCUT2D eigenvalue weighted by Gasteiger charge is -2.21. The Labute approximate surface area is 584 Å². The van der Waals surface area contributed by atoms with E-state index >= 15 is 0 Å². The van der Waals surface area contributed by atoms with Crippen LogP contribution in [0.4, 0.5) is 0 Å². The highest BCUT2D eigenvalue weighted by molar-refractivity contribution is 6.37. The maximum atomic E-state index is 6.59. The molecular formula is C97H63N3O2. The molecule has 15 aromatic carbocycles. The first-order valence-electron chi connectivity index (χ1n) is 36.0. The summed E-state index contributed by atoms with van der Waals surface area (Å²) in [6, 6.07) is 101. The van der Waals surface area contributed by atoms with Crippen LogP contribution in [0.1, 0.15) is 74.9 Å². The van der Waals surface area contributed by atoms with Gasteiger partial charge in [0.2, 0.25) is 0 Å². The Balaban J connectivity index is 0.0000000920. The molecule has 8 aromatic heterocycles. The molecule has 0 unspecified atom stereocenters. The molecular weight excluding hydrogens is 1240 g/mol. The van der Waals surface area contributed by atoms with Gasteiger partial charge in [-0.2, -0.15) is 0 Å². The first-order valence-corrected chi connectivity index (χ1v) is 36.0. The number of rotatable bonds is 0. The van der Waals surface area contributed by atoms with Crippen LogP contribution in [0, 0.1) is 0 Å². The van der Waals surface area contributed by atoms with Gasteiger partial charge in [-0.05, 0) is 162 Å². The number of fused-ring (bicyclic) bond motifs is 37. The van der Waals surface area contributed by atoms with E-state index in [0.29, 0.717) is 0 Å². The van der Waals surface area contributed by atoms with Gasteiger partial charge in [0.25, 0.3) is 0 Å². The van der Waals surface area contributed by atoms with Crippen molar-refractivity contribution in [3.8, 4) is 33.4 Å². The molecule has 0 aliphatic heterocycles. The van der Waals surface area contributed by atoms with Gasteiger partial charge >= 0.3 is 0 Å². The molecule has 5 nitrogen and oxygen atoms in total. The maximum Gasteiger partial charge on any atom is 0.145 e. The third kappa shape index (κ3) is 6.63. The largest absolute Gasteiger partial charge is 0.456 e. The van der Waals surface area contributed by atoms with Gasteiger partial charge < -0.3 is 22.0 Å². The van der Waals surface area contributed by atoms with Crippen LogP contribution in [0.15, 0.2) is 282 Å². The summed E-state index contributed by atoms with van der Waals surface area (Å²) in [5, 5.41) is 23.1. The van der Waals surface area contributed by atoms with E-state index < -0.39 is 0 Å². The van der Waals surface area contributed by atoms with E-state index in [9.17, 15) is 0 Å². The summed E-state index contributed by atoms with van der Waals surface area (Å²) in [7, 11) is 0. The van der Waals surface area contributed by atoms with Gasteiger partial charge in [0.15, 0.2) is 0 Å². The first kappa shape index (κ1) is 55.4. The minimum Gasteiger partial charge on any atom is -0.456 e. The van der Waals surface area contributed by atoms with Crippen LogP contribution < -0.4 is 0 Å². The van der Waals surface area contributed by atoms with Crippen LogP contribution in [-0.4, -0.2) is 13.2 Å². The zero-order valence-corrected chi connectivity index (χ0v) is 57.1. The van der Waals surface area contributed by atoms with E-state index in [4.69, 9.17) is 8.83 Å². The highest BCUT2D eigenvalue weighted by Gasteiger charge is 2.40. The van der Waals surface area contributed by atoms with Crippen molar-refractivity contribution in [1.29, 1.82) is 0 Å². The lowest BCUT2D eigenvalue weighted by Crippen LogP contribution is -2.14. The van der Waals surface area contributed by atoms with Crippen LogP contribution >= 0.6 is 0 Å². The van der Waals surface area contributed by atoms with Crippen molar-refractivity contribution in [1.82, 2.24) is 13.2 Å². The SMILES string of the molecule is CC1(C)c2ccccc2-c2cc3c(cc21)c1c2c(cc4c5ccccc5n3c41)oc1ccccc12.CC1(C)c2ccccc2-c2cc3c(cc21)c1c2oc4ccccc4c2cc2c4ccccc4n3c21.CC1(C)c2ccccc2-c2cc3c(cc21)c1cc2ccccc2c2c4ccccc4n3c12. The minimum absolute atomic E-state index is 0.0102. The second-order valence-electron chi connectivity index (χ2n) is 30.9. The molecule has 3 aliphatic carbocycles. The maximum absolute atomic E-state index is 6.59. The fraction of sp³-hybridized carbons (Fsp3) is 0.0928. The quantitative estimate of drug-likeness (QED) is 0.152. The first-order chi connectivity index (χ1) is 49.9. The second-order valence-corrected chi connectivity index (χ2v) is 30.9. The third-order valence-corrected chi connectivity index (χ3v) is 24.9. The zero-order valence-electron chi connectivity index (χ0n) is 57.1. The van der Waals surface area contributed by atoms with Gasteiger partial charge in [0, 0.05) is 97.0 Å². The van der Waals surface area contributed by atoms with E-state index in [2.05, 4.69) is 328 Å². The van der Waals surface area contributed by atoms with Crippen LogP contribution in [0.2, 0.25) is 0 Å². The molecule has 0 fully saturated rings. The number of furan rings is 2. The molecule has 0 saturated heterocycles. The standard InChI is InChI=1S/2C33H21NO.C31H21N/c1-33(2)25-12-6-3-9-18(25)21-17-28-24(16-26(21)33)30-31-22(19-10-4-7-13-27(19)34(28)31)15-23-20-11-5-8-14-29(20)35-32(23)30;1-33(2)24-12-6-3-9-18(24)21-16-27-23(15-25(21)33)31-30-20-11-5-8-14-28(20)35-29(30)17-22-19-10-4-7-13-26(19)34(27)32(22)31;1-31(2)25-13-7-5-11-20(25)22-17-28-23(16-26(22)31)24-15-18-9-3-4-10-19(18)29-21-12-6-8-14-27(21)32(28)30(24)29/h2*3-17H,1-2H3;3-17H,1-2H3. The van der Waals surface area contributed by atoms with Gasteiger partial charge in [-0.1, -0.05) is 230 Å². The molecule has 0 spiro atoms. The van der Waals surface area contributed by atoms with Crippen molar-refractivity contribution < 1.29 is 8.83 Å². The smallest absolute Gasteiger partial charge is 0.145 e. The Hall–Kier alpha value is -12.4. The molecule has 0 bridgehead atoms. The number of hydrogen-bond donors (Lipinski definition) is 0. The van der Waals surface area contributed by atoms with Gasteiger partial charge in [0.1, 0.15) is 22.3 Å². The van der Waals surface area contributed by atoms with Crippen molar-refractivity contribution in [3.05, 3.63) is 306 Å². The number of hydrogen-bond acceptors (Lipinski definition) is 2. The lowest BCUT2D eigenvalue weighted by atomic mass is 9.82. The molecule has 0 saturated carbocycles. The number of para-hydroxylation sites is 5. The molecule has 0 N–H and O–H groups in total. The highest BCUT2D eigenvalue weighted by Crippen LogP contribution is 2.57. The Morgan fingerprint density at radius 2 is 0.608 bits per heavy atom. The normalized spacial score (nSPS) is 14.8. The highest BCUT2D eigenvalue weighted by atomic mass is 16.3. The third-order valence-electron chi connectivity index (χ3n) is 24.9. The Morgan fingerprint density at radius 1 is 0.216 bits per heavy atom. The molecule has 0 atom stereocenters. The van der Waals surface area contributed by atoms with Gasteiger partial charge in [-0.25, -0.2) is 0 Å². The molecule has 3 aliphatic rings. The topological polar surface area (TPSA) is 39.5 Å². The van der Waals surface area contributed by atoms with Gasteiger partial charge in [-0.15, -0.1) is 0 Å². The molecule has 5 heteroatoms. The van der Waals surface area contributed by atoms with Crippen molar-refractivity contribution in [3.63, 3.8) is 0 Å². The van der Waals surface area contributed by atoms with E-state index in [1.54, 1.807) is 0 Å². The number of aromatic nitrogens is 3. The van der Waals surface area contributed by atoms with E-state index in [1.807, 2.05) is 0 Å². The second kappa shape index (κ2) is 18.7. The zero-order chi connectivity index (χ0) is 67.3. The molecule has 102 heavy (non-hydrogen) atoms. The average Bonchev–Trinajstić information content (AvgIpc) is 1.53. The summed E-state index contributed by atoms with van der Waals surface area (Å²) in [6.45, 7) is 14.2. The Bertz CT molecular complexity index is 7710. The van der Waals surface area contributed by atoms with E-state index in [1.165, 1.54) is 213 Å². The van der Waals surface area contributed by atoms with E-state index in [0.717, 1.165) is 22.3 Å². The fourth-order valence-electron chi connectivity index (χ4n) is 20.3. The fourth-order valence-corrected chi connectivity index (χ4v) is 20.3. The van der Waals surface area contributed by atoms with Crippen molar-refractivity contribution >= 4 is 169 Å². The summed E-state index contributed by atoms with van der Waals surface area (Å²) in [6.07, 6.45) is 0. The van der Waals surface area contributed by atoms with Crippen LogP contribution in [0.25, 0.3) is 202 Å². The average molecular weight is 1300 g/mol. The molecule has 26 rings (SSSR count). The summed E-state index contributed by atoms with van der Waals surface area (Å²) >= 11 is 0. The van der Waals surface area contributed by atoms with Crippen LogP contribution in [0.3, 0.4) is 0 Å². The predicted octanol–water partition coefficient (Wildman–Crippen LogP) is 26.4. The molecule has 478 valence electrons. The Kier molecular flexibility index (Phi) is 10.2. The summed E-state index contributed by atoms with van der Waals surface area (Å²) in [5.41, 5.74) is 32.0. The van der Waals surface area contributed by atoms with Gasteiger partial charge in [-0.3, -0.25) is 0 Å². The van der Waals surface area contributed by atoms with Crippen LogP contribution in [-0.2, 0) is 16.2 Å². The predicted molar refractivity (Wildman–Crippen MR) is 428 cm³/mol. The summed E-state index contributed by atoms with van der Waals surface area (Å²) < 4.78 is 20.5. The van der Waals surface area contributed by atoms with Crippen LogP contribution in [0.5, 0.6) is 0 Å². The minimum atomic E-state index is -0.0405. The molecule has 23 aromatic rings. The molecule has 8 heterocycles. The van der Waals surface area contributed by atoms with Crippen molar-refractivity contribution in [2.45, 2.75) is 57.8 Å². The van der Waals surface area contributed by atoms with Gasteiger partial charge in [0.05, 0.1) is 55.0 Å². The Morgan fingerprint density at radius 3 is 1.18 bits per heavy atom. The number of benzene rings is 15. The lowest BCUT2D eigenvalue weighted by molar-refractivity contribution is 0.661. The molecule has 0 radical (unpaired) electrons.